The van der Waals surface area contributed by atoms with Gasteiger partial charge in [-0.1, -0.05) is 46.6 Å². The van der Waals surface area contributed by atoms with Crippen molar-refractivity contribution in [1.82, 2.24) is 0 Å². The van der Waals surface area contributed by atoms with Crippen molar-refractivity contribution in [3.05, 3.63) is 4.82 Å². The fraction of sp³-hybridized carbons (Fsp3) is 0.800. The van der Waals surface area contributed by atoms with Crippen molar-refractivity contribution in [2.24, 2.45) is 0 Å². The molecule has 0 fully saturated rings. The summed E-state index contributed by atoms with van der Waals surface area (Å²) < 4.78 is 0. The number of hydrogen-bond acceptors (Lipinski definition) is 1. The zero-order valence-corrected chi connectivity index (χ0v) is 12.2. The van der Waals surface area contributed by atoms with Crippen LogP contribution in [-0.4, -0.2) is 24.1 Å². The normalized spacial score (nSPS) is 12.5. The molecule has 0 aliphatic heterocycles. The second-order valence-corrected chi connectivity index (χ2v) is 10.4. The molecule has 4 radical (unpaired) electrons. The molecule has 0 rings (SSSR count). The lowest BCUT2D eigenvalue weighted by Crippen LogP contribution is -2.21. The van der Waals surface area contributed by atoms with Gasteiger partial charge in [-0.15, -0.1) is 0 Å². The van der Waals surface area contributed by atoms with Crippen molar-refractivity contribution in [1.29, 1.82) is 0 Å². The zero-order chi connectivity index (χ0) is 10.7. The lowest BCUT2D eigenvalue weighted by molar-refractivity contribution is 0.750. The number of thiocarbonyl (C=S) groups is 1. The van der Waals surface area contributed by atoms with Crippen LogP contribution < -0.4 is 0 Å². The first-order chi connectivity index (χ1) is 5.64. The molecule has 0 saturated carbocycles. The quantitative estimate of drug-likeness (QED) is 0.514. The van der Waals surface area contributed by atoms with Crippen LogP contribution in [0.3, 0.4) is 0 Å². The Morgan fingerprint density at radius 1 is 0.923 bits per heavy atom. The summed E-state index contributed by atoms with van der Waals surface area (Å²) in [4.78, 5) is 1.34. The summed E-state index contributed by atoms with van der Waals surface area (Å²) in [6, 6.07) is 0. The molecule has 72 valence electrons. The van der Waals surface area contributed by atoms with E-state index >= 15 is 0 Å². The minimum atomic E-state index is 0.361. The Balaban J connectivity index is 4.33. The van der Waals surface area contributed by atoms with Gasteiger partial charge in [-0.25, -0.2) is 0 Å². The van der Waals surface area contributed by atoms with E-state index in [1.165, 1.54) is 4.82 Å². The van der Waals surface area contributed by atoms with Crippen LogP contribution in [0.1, 0.15) is 41.5 Å². The molecule has 0 nitrogen and oxygen atoms in total. The molecule has 0 atom stereocenters. The summed E-state index contributed by atoms with van der Waals surface area (Å²) in [6.45, 7) is 13.5. The third-order valence-electron chi connectivity index (χ3n) is 1.10. The van der Waals surface area contributed by atoms with Crippen LogP contribution >= 0.6 is 12.2 Å². The summed E-state index contributed by atoms with van der Waals surface area (Å²) in [5.74, 6) is 0. The van der Waals surface area contributed by atoms with Crippen LogP contribution in [0.2, 0.25) is 10.1 Å². The lowest BCUT2D eigenvalue weighted by atomic mass is 10.2. The fourth-order valence-electron chi connectivity index (χ4n) is 0.832. The first-order valence-corrected chi connectivity index (χ1v) is 6.86. The Morgan fingerprint density at radius 3 is 1.38 bits per heavy atom. The van der Waals surface area contributed by atoms with Crippen molar-refractivity contribution in [2.75, 3.05) is 0 Å². The zero-order valence-electron chi connectivity index (χ0n) is 9.41. The third kappa shape index (κ3) is 8.63. The molecule has 0 aliphatic carbocycles. The predicted octanol–water partition coefficient (Wildman–Crippen LogP) is 3.27. The minimum Gasteiger partial charge on any atom is -0.0627 e. The van der Waals surface area contributed by atoms with Gasteiger partial charge in [0.25, 0.3) is 0 Å². The fourth-order valence-corrected chi connectivity index (χ4v) is 5.24. The largest absolute Gasteiger partial charge is 0.0868 e. The van der Waals surface area contributed by atoms with Crippen LogP contribution in [0.5, 0.6) is 0 Å². The molecule has 3 heteroatoms. The molecule has 13 heavy (non-hydrogen) atoms. The van der Waals surface area contributed by atoms with E-state index < -0.39 is 0 Å². The average Bonchev–Trinajstić information content (AvgIpc) is 1.79. The van der Waals surface area contributed by atoms with Crippen molar-refractivity contribution in [3.8, 4) is 0 Å². The predicted molar refractivity (Wildman–Crippen MR) is 67.0 cm³/mol. The Bertz CT molecular complexity index is 196. The highest BCUT2D eigenvalue weighted by molar-refractivity contribution is 7.78. The van der Waals surface area contributed by atoms with Gasteiger partial charge < -0.3 is 0 Å². The van der Waals surface area contributed by atoms with E-state index in [4.69, 9.17) is 12.2 Å². The summed E-state index contributed by atoms with van der Waals surface area (Å²) >= 11 is 4.94. The Labute approximate surface area is 92.8 Å². The van der Waals surface area contributed by atoms with E-state index in [2.05, 4.69) is 46.6 Å². The highest BCUT2D eigenvalue weighted by atomic mass is 32.1. The molecule has 0 heterocycles. The monoisotopic (exact) mass is 226 g/mol. The Kier molecular flexibility index (Phi) is 4.80. The SMILES string of the molecule is CC(C)(C)[Si]C(=C=S)[Si]C(C)(C)C. The van der Waals surface area contributed by atoms with Gasteiger partial charge in [-0.3, -0.25) is 0 Å². The molecular weight excluding hydrogens is 208 g/mol. The van der Waals surface area contributed by atoms with E-state index in [9.17, 15) is 0 Å². The Hall–Kier alpha value is 0.304. The lowest BCUT2D eigenvalue weighted by Gasteiger charge is -2.22. The summed E-state index contributed by atoms with van der Waals surface area (Å²) in [6.07, 6.45) is 0. The van der Waals surface area contributed by atoms with Gasteiger partial charge in [-0.2, -0.15) is 0 Å². The summed E-state index contributed by atoms with van der Waals surface area (Å²) in [5.41, 5.74) is 0. The molecule has 0 aliphatic rings. The summed E-state index contributed by atoms with van der Waals surface area (Å²) in [5, 5.41) is 3.66. The van der Waals surface area contributed by atoms with Crippen molar-refractivity contribution >= 4 is 36.3 Å². The van der Waals surface area contributed by atoms with Crippen molar-refractivity contribution in [3.63, 3.8) is 0 Å². The van der Waals surface area contributed by atoms with Crippen LogP contribution in [0.15, 0.2) is 4.82 Å². The van der Waals surface area contributed by atoms with Crippen LogP contribution in [-0.2, 0) is 0 Å². The molecule has 0 aromatic rings. The topological polar surface area (TPSA) is 0 Å². The maximum atomic E-state index is 4.94. The molecule has 0 aromatic heterocycles. The van der Waals surface area contributed by atoms with E-state index in [1.807, 2.05) is 0 Å². The molecule has 0 saturated heterocycles. The van der Waals surface area contributed by atoms with Gasteiger partial charge in [0, 0.05) is 0 Å². The van der Waals surface area contributed by atoms with E-state index in [1.54, 1.807) is 0 Å². The second kappa shape index (κ2) is 4.69. The number of rotatable bonds is 2. The van der Waals surface area contributed by atoms with Gasteiger partial charge in [0.05, 0.1) is 19.0 Å². The van der Waals surface area contributed by atoms with Gasteiger partial charge in [0.1, 0.15) is 0 Å². The Morgan fingerprint density at radius 2 is 1.23 bits per heavy atom. The average molecular weight is 226 g/mol. The maximum Gasteiger partial charge on any atom is 0.0868 e. The van der Waals surface area contributed by atoms with Gasteiger partial charge in [0.2, 0.25) is 0 Å². The van der Waals surface area contributed by atoms with Crippen molar-refractivity contribution in [2.45, 2.75) is 51.6 Å². The molecule has 0 amide bonds. The molecule has 0 N–H and O–H groups in total. The van der Waals surface area contributed by atoms with E-state index in [-0.39, 0.29) is 0 Å². The van der Waals surface area contributed by atoms with Gasteiger partial charge in [0.15, 0.2) is 0 Å². The molecular formula is C10H18SSi2. The second-order valence-electron chi connectivity index (χ2n) is 5.23. The van der Waals surface area contributed by atoms with Crippen LogP contribution in [0.25, 0.3) is 0 Å². The van der Waals surface area contributed by atoms with E-state index in [0.717, 1.165) is 19.0 Å². The van der Waals surface area contributed by atoms with Crippen LogP contribution in [0, 0.1) is 0 Å². The minimum absolute atomic E-state index is 0.361. The van der Waals surface area contributed by atoms with E-state index in [0.29, 0.717) is 10.1 Å². The number of hydrogen-bond donors (Lipinski definition) is 0. The highest BCUT2D eigenvalue weighted by Crippen LogP contribution is 2.27. The summed E-state index contributed by atoms with van der Waals surface area (Å²) in [7, 11) is 1.64. The smallest absolute Gasteiger partial charge is 0.0627 e. The van der Waals surface area contributed by atoms with Crippen molar-refractivity contribution < 1.29 is 0 Å². The first-order valence-electron chi connectivity index (χ1n) is 4.45. The highest BCUT2D eigenvalue weighted by Gasteiger charge is 2.20. The maximum absolute atomic E-state index is 4.94. The van der Waals surface area contributed by atoms with Crippen LogP contribution in [0.4, 0.5) is 0 Å². The molecule has 0 bridgehead atoms. The first kappa shape index (κ1) is 13.3. The molecule has 0 aromatic carbocycles. The standard InChI is InChI=1S/C10H18SSi2/c1-9(2,3)12-8(7-11)13-10(4,5)6/h1-6H3. The van der Waals surface area contributed by atoms with Gasteiger partial charge in [-0.05, 0) is 27.1 Å². The molecule has 0 spiro atoms. The van der Waals surface area contributed by atoms with Gasteiger partial charge >= 0.3 is 0 Å². The third-order valence-corrected chi connectivity index (χ3v) is 4.67. The molecule has 0 unspecified atom stereocenters.